The number of hydrogen-bond acceptors (Lipinski definition) is 6. The normalized spacial score (nSPS) is 13.9. The molecule has 1 aliphatic heterocycles. The molecule has 9 heteroatoms. The quantitative estimate of drug-likeness (QED) is 0.500. The molecule has 2 aromatic rings. The van der Waals surface area contributed by atoms with E-state index in [1.54, 1.807) is 60.4 Å². The number of carbonyl (C=O) groups is 3. The number of nitrogens with zero attached hydrogens (tertiary/aromatic N) is 1. The number of hydrogen-bond donors (Lipinski definition) is 1. The van der Waals surface area contributed by atoms with Gasteiger partial charge >= 0.3 is 6.16 Å². The average molecular weight is 461 g/mol. The van der Waals surface area contributed by atoms with E-state index in [0.29, 0.717) is 48.0 Å². The van der Waals surface area contributed by atoms with Crippen molar-refractivity contribution in [1.82, 2.24) is 10.2 Å². The number of carbonyl (C=O) groups excluding carboxylic acids is 3. The molecule has 3 rings (SSSR count). The zero-order valence-electron chi connectivity index (χ0n) is 17.7. The lowest BCUT2D eigenvalue weighted by Crippen LogP contribution is -2.47. The van der Waals surface area contributed by atoms with Crippen molar-refractivity contribution >= 4 is 29.6 Å². The fourth-order valence-electron chi connectivity index (χ4n) is 3.27. The number of rotatable bonds is 7. The third-order valence-corrected chi connectivity index (χ3v) is 5.15. The summed E-state index contributed by atoms with van der Waals surface area (Å²) in [5.41, 5.74) is 0.500. The molecule has 0 saturated carbocycles. The van der Waals surface area contributed by atoms with Crippen LogP contribution >= 0.6 is 11.6 Å². The van der Waals surface area contributed by atoms with Crippen molar-refractivity contribution in [2.45, 2.75) is 25.8 Å². The summed E-state index contributed by atoms with van der Waals surface area (Å²) in [6.45, 7) is 2.89. The Morgan fingerprint density at radius 1 is 1.00 bits per heavy atom. The molecular weight excluding hydrogens is 436 g/mol. The van der Waals surface area contributed by atoms with Crippen molar-refractivity contribution in [2.24, 2.45) is 0 Å². The molecule has 2 amide bonds. The summed E-state index contributed by atoms with van der Waals surface area (Å²) in [4.78, 5) is 38.0. The molecule has 1 heterocycles. The SMILES string of the molecule is CCOC(=O)Oc1ccc(C(=O)N2CCC(NC(=O)COc3ccc(Cl)cc3)CC2)cc1. The lowest BCUT2D eigenvalue weighted by molar-refractivity contribution is -0.124. The van der Waals surface area contributed by atoms with E-state index in [4.69, 9.17) is 25.8 Å². The number of halogens is 1. The zero-order valence-corrected chi connectivity index (χ0v) is 18.5. The van der Waals surface area contributed by atoms with Gasteiger partial charge in [0.1, 0.15) is 11.5 Å². The Labute approximate surface area is 191 Å². The summed E-state index contributed by atoms with van der Waals surface area (Å²) in [7, 11) is 0. The molecule has 8 nitrogen and oxygen atoms in total. The monoisotopic (exact) mass is 460 g/mol. The van der Waals surface area contributed by atoms with Crippen molar-refractivity contribution in [2.75, 3.05) is 26.3 Å². The number of benzene rings is 2. The highest BCUT2D eigenvalue weighted by Crippen LogP contribution is 2.18. The zero-order chi connectivity index (χ0) is 22.9. The first-order valence-electron chi connectivity index (χ1n) is 10.4. The number of ether oxygens (including phenoxy) is 3. The number of nitrogens with one attached hydrogen (secondary N) is 1. The second-order valence-corrected chi connectivity index (χ2v) is 7.62. The molecule has 0 bridgehead atoms. The van der Waals surface area contributed by atoms with Gasteiger partial charge in [-0.25, -0.2) is 4.79 Å². The van der Waals surface area contributed by atoms with Crippen LogP contribution in [0.3, 0.4) is 0 Å². The molecule has 170 valence electrons. The molecule has 32 heavy (non-hydrogen) atoms. The van der Waals surface area contributed by atoms with Gasteiger partial charge in [0.15, 0.2) is 6.61 Å². The van der Waals surface area contributed by atoms with Crippen molar-refractivity contribution in [3.63, 3.8) is 0 Å². The third-order valence-electron chi connectivity index (χ3n) is 4.90. The Morgan fingerprint density at radius 2 is 1.62 bits per heavy atom. The molecule has 0 aromatic heterocycles. The lowest BCUT2D eigenvalue weighted by atomic mass is 10.0. The van der Waals surface area contributed by atoms with Crippen molar-refractivity contribution < 1.29 is 28.6 Å². The van der Waals surface area contributed by atoms with Crippen molar-refractivity contribution in [1.29, 1.82) is 0 Å². The van der Waals surface area contributed by atoms with Crippen LogP contribution in [0, 0.1) is 0 Å². The highest BCUT2D eigenvalue weighted by Gasteiger charge is 2.24. The second kappa shape index (κ2) is 11.4. The smallest absolute Gasteiger partial charge is 0.484 e. The van der Waals surface area contributed by atoms with Crippen LogP contribution in [-0.2, 0) is 9.53 Å². The molecule has 0 aliphatic carbocycles. The molecule has 1 saturated heterocycles. The lowest BCUT2D eigenvalue weighted by Gasteiger charge is -2.32. The molecule has 1 fully saturated rings. The van der Waals surface area contributed by atoms with Crippen LogP contribution < -0.4 is 14.8 Å². The summed E-state index contributed by atoms with van der Waals surface area (Å²) in [5, 5.41) is 3.55. The predicted octanol–water partition coefficient (Wildman–Crippen LogP) is 3.68. The summed E-state index contributed by atoms with van der Waals surface area (Å²) < 4.78 is 15.2. The standard InChI is InChI=1S/C23H25ClN2O6/c1-2-30-23(29)32-20-7-3-16(4-8-20)22(28)26-13-11-18(12-14-26)25-21(27)15-31-19-9-5-17(24)6-10-19/h3-10,18H,2,11-15H2,1H3,(H,25,27). The van der Waals surface area contributed by atoms with Gasteiger partial charge in [0.25, 0.3) is 11.8 Å². The van der Waals surface area contributed by atoms with Crippen LogP contribution in [0.2, 0.25) is 5.02 Å². The fraction of sp³-hybridized carbons (Fsp3) is 0.348. The van der Waals surface area contributed by atoms with Gasteiger partial charge in [-0.15, -0.1) is 0 Å². The van der Waals surface area contributed by atoms with Gasteiger partial charge in [-0.2, -0.15) is 0 Å². The van der Waals surface area contributed by atoms with Crippen LogP contribution in [-0.4, -0.2) is 55.2 Å². The molecule has 0 spiro atoms. The maximum absolute atomic E-state index is 12.7. The van der Waals surface area contributed by atoms with E-state index >= 15 is 0 Å². The van der Waals surface area contributed by atoms with Crippen molar-refractivity contribution in [3.8, 4) is 11.5 Å². The molecule has 1 N–H and O–H groups in total. The van der Waals surface area contributed by atoms with Gasteiger partial charge in [-0.05, 0) is 68.3 Å². The summed E-state index contributed by atoms with van der Waals surface area (Å²) >= 11 is 5.83. The third kappa shape index (κ3) is 6.88. The van der Waals surface area contributed by atoms with Crippen LogP contribution in [0.25, 0.3) is 0 Å². The Hall–Kier alpha value is -3.26. The highest BCUT2D eigenvalue weighted by molar-refractivity contribution is 6.30. The summed E-state index contributed by atoms with van der Waals surface area (Å²) in [6, 6.07) is 13.1. The van der Waals surface area contributed by atoms with E-state index in [1.165, 1.54) is 0 Å². The molecule has 0 unspecified atom stereocenters. The fourth-order valence-corrected chi connectivity index (χ4v) is 3.39. The van der Waals surface area contributed by atoms with E-state index in [2.05, 4.69) is 5.32 Å². The van der Waals surface area contributed by atoms with E-state index < -0.39 is 6.16 Å². The van der Waals surface area contributed by atoms with E-state index in [1.807, 2.05) is 0 Å². The maximum Gasteiger partial charge on any atom is 0.513 e. The topological polar surface area (TPSA) is 94.2 Å². The van der Waals surface area contributed by atoms with Crippen LogP contribution in [0.4, 0.5) is 4.79 Å². The van der Waals surface area contributed by atoms with Gasteiger partial charge in [-0.3, -0.25) is 9.59 Å². The minimum atomic E-state index is -0.783. The summed E-state index contributed by atoms with van der Waals surface area (Å²) in [6.07, 6.45) is 0.527. The average Bonchev–Trinajstić information content (AvgIpc) is 2.79. The molecule has 0 radical (unpaired) electrons. The molecule has 2 aromatic carbocycles. The first kappa shape index (κ1) is 23.4. The molecule has 0 atom stereocenters. The van der Waals surface area contributed by atoms with Gasteiger partial charge in [0, 0.05) is 29.7 Å². The van der Waals surface area contributed by atoms with Gasteiger partial charge in [0.05, 0.1) is 6.61 Å². The van der Waals surface area contributed by atoms with Gasteiger partial charge in [-0.1, -0.05) is 11.6 Å². The van der Waals surface area contributed by atoms with E-state index in [-0.39, 0.29) is 31.1 Å². The molecular formula is C23H25ClN2O6. The van der Waals surface area contributed by atoms with E-state index in [0.717, 1.165) is 0 Å². The van der Waals surface area contributed by atoms with Crippen LogP contribution in [0.15, 0.2) is 48.5 Å². The number of piperidine rings is 1. The largest absolute Gasteiger partial charge is 0.513 e. The van der Waals surface area contributed by atoms with Gasteiger partial charge < -0.3 is 24.4 Å². The van der Waals surface area contributed by atoms with Crippen LogP contribution in [0.1, 0.15) is 30.1 Å². The van der Waals surface area contributed by atoms with E-state index in [9.17, 15) is 14.4 Å². The number of likely N-dealkylation sites (tertiary alicyclic amines) is 1. The Morgan fingerprint density at radius 3 is 2.25 bits per heavy atom. The summed E-state index contributed by atoms with van der Waals surface area (Å²) in [5.74, 6) is 0.566. The minimum absolute atomic E-state index is 0.0132. The Bertz CT molecular complexity index is 925. The Kier molecular flexibility index (Phi) is 8.33. The maximum atomic E-state index is 12.7. The first-order valence-corrected chi connectivity index (χ1v) is 10.7. The predicted molar refractivity (Wildman–Crippen MR) is 118 cm³/mol. The van der Waals surface area contributed by atoms with Gasteiger partial charge in [0.2, 0.25) is 0 Å². The first-order chi connectivity index (χ1) is 15.4. The highest BCUT2D eigenvalue weighted by atomic mass is 35.5. The number of amides is 2. The second-order valence-electron chi connectivity index (χ2n) is 7.19. The molecule has 1 aliphatic rings. The Balaban J connectivity index is 1.41. The minimum Gasteiger partial charge on any atom is -0.484 e. The van der Waals surface area contributed by atoms with Crippen molar-refractivity contribution in [3.05, 3.63) is 59.1 Å². The van der Waals surface area contributed by atoms with Crippen LogP contribution in [0.5, 0.6) is 11.5 Å².